The first-order chi connectivity index (χ1) is 14.2. The van der Waals surface area contributed by atoms with Crippen LogP contribution in [-0.2, 0) is 24.7 Å². The molecule has 8 heteroatoms. The Kier molecular flexibility index (Phi) is 4.92. The lowest BCUT2D eigenvalue weighted by molar-refractivity contribution is -0.143. The molecule has 0 unspecified atom stereocenters. The van der Waals surface area contributed by atoms with E-state index in [4.69, 9.17) is 5.11 Å². The Labute approximate surface area is 175 Å². The lowest BCUT2D eigenvalue weighted by atomic mass is 9.76. The molecular weight excluding hydrogens is 386 g/mol. The molecule has 4 atom stereocenters. The Morgan fingerprint density at radius 3 is 2.60 bits per heavy atom. The van der Waals surface area contributed by atoms with Gasteiger partial charge in [-0.1, -0.05) is 25.5 Å². The molecule has 4 rings (SSSR count). The van der Waals surface area contributed by atoms with Crippen molar-refractivity contribution in [1.82, 2.24) is 10.2 Å². The number of unbranched alkanes of at least 4 members (excludes halogenated alkanes) is 1. The van der Waals surface area contributed by atoms with Crippen LogP contribution in [0.4, 0.5) is 5.69 Å². The van der Waals surface area contributed by atoms with Crippen LogP contribution in [0, 0.1) is 25.7 Å². The van der Waals surface area contributed by atoms with Gasteiger partial charge in [0.1, 0.15) is 5.54 Å². The zero-order valence-corrected chi connectivity index (χ0v) is 17.4. The number of aliphatic carboxylic acids is 1. The second kappa shape index (κ2) is 7.19. The van der Waals surface area contributed by atoms with Crippen LogP contribution in [0.2, 0.25) is 0 Å². The number of anilines is 1. The summed E-state index contributed by atoms with van der Waals surface area (Å²) in [4.78, 5) is 52.5. The Balaban J connectivity index is 1.83. The highest BCUT2D eigenvalue weighted by Crippen LogP contribution is 2.54. The maximum Gasteiger partial charge on any atom is 0.303 e. The molecule has 0 radical (unpaired) electrons. The van der Waals surface area contributed by atoms with Crippen molar-refractivity contribution in [1.29, 1.82) is 0 Å². The van der Waals surface area contributed by atoms with Gasteiger partial charge in [-0.15, -0.1) is 0 Å². The molecule has 0 bridgehead atoms. The van der Waals surface area contributed by atoms with Crippen LogP contribution in [0.5, 0.6) is 0 Å². The highest BCUT2D eigenvalue weighted by atomic mass is 16.4. The number of amides is 3. The number of rotatable bonds is 6. The van der Waals surface area contributed by atoms with Gasteiger partial charge in [-0.05, 0) is 37.8 Å². The summed E-state index contributed by atoms with van der Waals surface area (Å²) in [6.45, 7) is 6.17. The van der Waals surface area contributed by atoms with Gasteiger partial charge in [0.2, 0.25) is 17.7 Å². The lowest BCUT2D eigenvalue weighted by Crippen LogP contribution is -2.53. The number of hydrogen-bond acceptors (Lipinski definition) is 5. The molecule has 3 heterocycles. The minimum atomic E-state index is -1.35. The summed E-state index contributed by atoms with van der Waals surface area (Å²) in [7, 11) is 0. The van der Waals surface area contributed by atoms with E-state index in [1.54, 1.807) is 0 Å². The molecule has 3 N–H and O–H groups in total. The number of carboxylic acids is 1. The Morgan fingerprint density at radius 1 is 1.20 bits per heavy atom. The molecule has 8 nitrogen and oxygen atoms in total. The van der Waals surface area contributed by atoms with E-state index in [0.29, 0.717) is 24.2 Å². The number of likely N-dealkylation sites (tertiary alicyclic amines) is 1. The molecule has 0 aromatic heterocycles. The van der Waals surface area contributed by atoms with Crippen LogP contribution >= 0.6 is 0 Å². The van der Waals surface area contributed by atoms with Gasteiger partial charge < -0.3 is 10.4 Å². The average Bonchev–Trinajstić information content (AvgIpc) is 3.27. The van der Waals surface area contributed by atoms with Crippen LogP contribution in [-0.4, -0.2) is 46.3 Å². The SMILES string of the molecule is CCCCN1C(=O)[C@H]2[C@H](CCC(=O)O)N[C@@]3(C(=O)Nc4c3ccc(C)c4C)[C@@H]2C1=O. The number of carbonyl (C=O) groups is 4. The standard InChI is InChI=1S/C22H27N3O5/c1-4-5-10-25-19(28)16-14(8-9-15(26)27)24-22(17(16)20(25)29)13-7-6-11(2)12(3)18(13)23-21(22)30/h6-7,14,16-17,24H,4-5,8-10H2,1-3H3,(H,23,30)(H,26,27)/t14-,16-,17-,22+/m0/s1. The number of benzene rings is 1. The third-order valence-corrected chi connectivity index (χ3v) is 6.92. The van der Waals surface area contributed by atoms with E-state index in [-0.39, 0.29) is 30.6 Å². The van der Waals surface area contributed by atoms with E-state index >= 15 is 0 Å². The fourth-order valence-corrected chi connectivity index (χ4v) is 5.24. The van der Waals surface area contributed by atoms with Crippen molar-refractivity contribution in [3.8, 4) is 0 Å². The van der Waals surface area contributed by atoms with Crippen molar-refractivity contribution in [3.63, 3.8) is 0 Å². The van der Waals surface area contributed by atoms with Crippen molar-refractivity contribution in [2.45, 2.75) is 58.0 Å². The molecule has 3 amide bonds. The zero-order chi connectivity index (χ0) is 21.8. The van der Waals surface area contributed by atoms with Crippen molar-refractivity contribution < 1.29 is 24.3 Å². The Hall–Kier alpha value is -2.74. The van der Waals surface area contributed by atoms with Crippen molar-refractivity contribution in [2.24, 2.45) is 11.8 Å². The fourth-order valence-electron chi connectivity index (χ4n) is 5.24. The summed E-state index contributed by atoms with van der Waals surface area (Å²) in [5.74, 6) is -3.58. The minimum Gasteiger partial charge on any atom is -0.481 e. The highest BCUT2D eigenvalue weighted by molar-refractivity contribution is 6.15. The predicted molar refractivity (Wildman–Crippen MR) is 109 cm³/mol. The number of hydrogen-bond donors (Lipinski definition) is 3. The minimum absolute atomic E-state index is 0.144. The third kappa shape index (κ3) is 2.70. The zero-order valence-electron chi connectivity index (χ0n) is 17.4. The molecule has 1 aromatic rings. The number of carbonyl (C=O) groups excluding carboxylic acids is 3. The quantitative estimate of drug-likeness (QED) is 0.611. The van der Waals surface area contributed by atoms with E-state index in [2.05, 4.69) is 10.6 Å². The second-order valence-corrected chi connectivity index (χ2v) is 8.56. The van der Waals surface area contributed by atoms with Gasteiger partial charge in [0, 0.05) is 30.3 Å². The molecule has 0 saturated carbocycles. The summed E-state index contributed by atoms with van der Waals surface area (Å²) in [6.07, 6.45) is 1.55. The van der Waals surface area contributed by atoms with Crippen LogP contribution in [0.1, 0.15) is 49.3 Å². The summed E-state index contributed by atoms with van der Waals surface area (Å²) >= 11 is 0. The van der Waals surface area contributed by atoms with E-state index in [1.807, 2.05) is 32.9 Å². The number of nitrogens with zero attached hydrogens (tertiary/aromatic N) is 1. The van der Waals surface area contributed by atoms with Crippen LogP contribution in [0.3, 0.4) is 0 Å². The number of nitrogens with one attached hydrogen (secondary N) is 2. The molecule has 30 heavy (non-hydrogen) atoms. The third-order valence-electron chi connectivity index (χ3n) is 6.92. The monoisotopic (exact) mass is 413 g/mol. The Bertz CT molecular complexity index is 958. The second-order valence-electron chi connectivity index (χ2n) is 8.56. The maximum absolute atomic E-state index is 13.4. The smallest absolute Gasteiger partial charge is 0.303 e. The first kappa shape index (κ1) is 20.5. The first-order valence-electron chi connectivity index (χ1n) is 10.5. The molecule has 2 saturated heterocycles. The highest BCUT2D eigenvalue weighted by Gasteiger charge is 2.70. The molecule has 3 aliphatic rings. The predicted octanol–water partition coefficient (Wildman–Crippen LogP) is 1.69. The molecule has 3 aliphatic heterocycles. The van der Waals surface area contributed by atoms with Crippen LogP contribution in [0.25, 0.3) is 0 Å². The van der Waals surface area contributed by atoms with Crippen molar-refractivity contribution >= 4 is 29.4 Å². The Morgan fingerprint density at radius 2 is 1.93 bits per heavy atom. The summed E-state index contributed by atoms with van der Waals surface area (Å²) < 4.78 is 0. The molecule has 1 aromatic carbocycles. The van der Waals surface area contributed by atoms with Gasteiger partial charge >= 0.3 is 5.97 Å². The fraction of sp³-hybridized carbons (Fsp3) is 0.545. The molecule has 160 valence electrons. The largest absolute Gasteiger partial charge is 0.481 e. The van der Waals surface area contributed by atoms with Crippen LogP contribution < -0.4 is 10.6 Å². The molecule has 0 aliphatic carbocycles. The lowest BCUT2D eigenvalue weighted by Gasteiger charge is -2.29. The van der Waals surface area contributed by atoms with Crippen molar-refractivity contribution in [3.05, 3.63) is 28.8 Å². The maximum atomic E-state index is 13.4. The van der Waals surface area contributed by atoms with Crippen LogP contribution in [0.15, 0.2) is 12.1 Å². The number of aryl methyl sites for hydroxylation is 1. The van der Waals surface area contributed by atoms with E-state index < -0.39 is 29.4 Å². The van der Waals surface area contributed by atoms with Gasteiger partial charge in [0.15, 0.2) is 0 Å². The first-order valence-corrected chi connectivity index (χ1v) is 10.5. The van der Waals surface area contributed by atoms with Crippen molar-refractivity contribution in [2.75, 3.05) is 11.9 Å². The van der Waals surface area contributed by atoms with Gasteiger partial charge in [-0.3, -0.25) is 29.4 Å². The number of fused-ring (bicyclic) bond motifs is 4. The van der Waals surface area contributed by atoms with E-state index in [0.717, 1.165) is 17.5 Å². The number of imide groups is 1. The number of carboxylic acid groups (broad SMARTS) is 1. The summed E-state index contributed by atoms with van der Waals surface area (Å²) in [6, 6.07) is 3.19. The van der Waals surface area contributed by atoms with Gasteiger partial charge in [0.25, 0.3) is 0 Å². The summed E-state index contributed by atoms with van der Waals surface area (Å²) in [5.41, 5.74) is 1.93. The van der Waals surface area contributed by atoms with Gasteiger partial charge in [-0.25, -0.2) is 0 Å². The van der Waals surface area contributed by atoms with E-state index in [9.17, 15) is 19.2 Å². The molecule has 1 spiro atoms. The van der Waals surface area contributed by atoms with Gasteiger partial charge in [-0.2, -0.15) is 0 Å². The van der Waals surface area contributed by atoms with Gasteiger partial charge in [0.05, 0.1) is 11.8 Å². The molecular formula is C22H27N3O5. The molecule has 2 fully saturated rings. The normalized spacial score (nSPS) is 29.5. The topological polar surface area (TPSA) is 116 Å². The summed E-state index contributed by atoms with van der Waals surface area (Å²) in [5, 5.41) is 15.4. The average molecular weight is 413 g/mol. The van der Waals surface area contributed by atoms with E-state index in [1.165, 1.54) is 4.90 Å².